The van der Waals surface area contributed by atoms with E-state index >= 15 is 0 Å². The van der Waals surface area contributed by atoms with Gasteiger partial charge in [-0.1, -0.05) is 163 Å². The maximum Gasteiger partial charge on any atom is 0.0754 e. The number of rotatable bonds is 3. The van der Waals surface area contributed by atoms with Gasteiger partial charge in [0.1, 0.15) is 0 Å². The second-order valence-corrected chi connectivity index (χ2v) is 18.3. The van der Waals surface area contributed by atoms with Gasteiger partial charge in [0, 0.05) is 28.0 Å². The molecule has 0 N–H and O–H groups in total. The topological polar surface area (TPSA) is 6.48 Å². The molecule has 0 amide bonds. The van der Waals surface area contributed by atoms with Crippen LogP contribution in [0.15, 0.2) is 200 Å². The molecule has 1 unspecified atom stereocenters. The van der Waals surface area contributed by atoms with Gasteiger partial charge in [-0.05, 0) is 87.2 Å². The van der Waals surface area contributed by atoms with Crippen LogP contribution in [0, 0.1) is 0 Å². The zero-order chi connectivity index (χ0) is 35.1. The zero-order valence-electron chi connectivity index (χ0n) is 28.8. The zero-order valence-corrected chi connectivity index (χ0v) is 30.5. The third kappa shape index (κ3) is 4.07. The molecule has 8 aromatic rings. The van der Waals surface area contributed by atoms with Crippen LogP contribution >= 0.6 is 6.04 Å². The van der Waals surface area contributed by atoms with Crippen molar-refractivity contribution in [2.45, 2.75) is 5.41 Å². The molecule has 3 aliphatic rings. The van der Waals surface area contributed by atoms with Crippen LogP contribution in [0.4, 0.5) is 34.1 Å². The van der Waals surface area contributed by atoms with Crippen molar-refractivity contribution in [3.63, 3.8) is 0 Å². The number of anilines is 6. The molecule has 2 aliphatic heterocycles. The summed E-state index contributed by atoms with van der Waals surface area (Å²) in [4.78, 5) is 4.91. The van der Waals surface area contributed by atoms with E-state index in [9.17, 15) is 0 Å². The molecule has 0 aromatic heterocycles. The standard InChI is InChI=1S/C49H33N2PS/c53-52(36-19-5-2-6-20-36)47-30-16-15-29-45(47)50(34-17-3-1-4-18-34)46-33-35(31-32-48(46)52)51-43-27-13-11-25-41(43)49(42-26-12-14-28-44(42)51)39-23-9-7-21-37(39)38-22-8-10-24-40(38)49/h1-33H. The van der Waals surface area contributed by atoms with Crippen molar-refractivity contribution >= 4 is 67.9 Å². The Hall–Kier alpha value is -5.99. The van der Waals surface area contributed by atoms with E-state index in [1.165, 1.54) is 60.7 Å². The second-order valence-electron chi connectivity index (χ2n) is 14.0. The van der Waals surface area contributed by atoms with E-state index in [0.717, 1.165) is 22.7 Å². The molecule has 250 valence electrons. The average Bonchev–Trinajstić information content (AvgIpc) is 3.52. The van der Waals surface area contributed by atoms with Crippen molar-refractivity contribution in [3.05, 3.63) is 222 Å². The first-order chi connectivity index (χ1) is 26.2. The monoisotopic (exact) mass is 712 g/mol. The molecule has 0 saturated carbocycles. The lowest BCUT2D eigenvalue weighted by Crippen LogP contribution is -2.37. The number of hydrogen-bond acceptors (Lipinski definition) is 3. The van der Waals surface area contributed by atoms with E-state index in [1.807, 2.05) is 0 Å². The second kappa shape index (κ2) is 11.5. The first-order valence-electron chi connectivity index (χ1n) is 18.1. The molecule has 0 fully saturated rings. The van der Waals surface area contributed by atoms with Gasteiger partial charge in [-0.3, -0.25) is 0 Å². The summed E-state index contributed by atoms with van der Waals surface area (Å²) in [7, 11) is 0. The van der Waals surface area contributed by atoms with Crippen molar-refractivity contribution in [3.8, 4) is 11.1 Å². The van der Waals surface area contributed by atoms with Crippen molar-refractivity contribution < 1.29 is 0 Å². The molecule has 1 spiro atoms. The summed E-state index contributed by atoms with van der Waals surface area (Å²) in [5.74, 6) is 0. The van der Waals surface area contributed by atoms with E-state index in [4.69, 9.17) is 11.8 Å². The summed E-state index contributed by atoms with van der Waals surface area (Å²) in [5.41, 5.74) is 14.3. The molecular weight excluding hydrogens is 680 g/mol. The summed E-state index contributed by atoms with van der Waals surface area (Å²) >= 11 is 6.97. The van der Waals surface area contributed by atoms with Crippen LogP contribution in [0.5, 0.6) is 0 Å². The Morgan fingerprint density at radius 1 is 0.358 bits per heavy atom. The molecule has 2 heterocycles. The fourth-order valence-corrected chi connectivity index (χ4v) is 13.7. The smallest absolute Gasteiger partial charge is 0.0754 e. The lowest BCUT2D eigenvalue weighted by atomic mass is 9.64. The van der Waals surface area contributed by atoms with E-state index in [1.54, 1.807) is 0 Å². The highest BCUT2D eigenvalue weighted by molar-refractivity contribution is 8.25. The fraction of sp³-hybridized carbons (Fsp3) is 0.0204. The molecule has 0 saturated heterocycles. The minimum atomic E-state index is -2.42. The predicted octanol–water partition coefficient (Wildman–Crippen LogP) is 11.4. The Kier molecular flexibility index (Phi) is 6.65. The van der Waals surface area contributed by atoms with Crippen molar-refractivity contribution in [1.29, 1.82) is 0 Å². The number of para-hydroxylation sites is 4. The van der Waals surface area contributed by atoms with Gasteiger partial charge in [-0.15, -0.1) is 0 Å². The number of nitrogens with zero attached hydrogens (tertiary/aromatic N) is 2. The third-order valence-electron chi connectivity index (χ3n) is 11.4. The molecule has 11 rings (SSSR count). The maximum atomic E-state index is 6.97. The fourth-order valence-electron chi connectivity index (χ4n) is 9.39. The highest BCUT2D eigenvalue weighted by atomic mass is 32.4. The third-order valence-corrected chi connectivity index (χ3v) is 16.4. The summed E-state index contributed by atoms with van der Waals surface area (Å²) in [6.07, 6.45) is 0. The molecule has 2 nitrogen and oxygen atoms in total. The Bertz CT molecular complexity index is 2700. The lowest BCUT2D eigenvalue weighted by Gasteiger charge is -2.45. The normalized spacial score (nSPS) is 16.9. The largest absolute Gasteiger partial charge is 0.310 e. The van der Waals surface area contributed by atoms with Gasteiger partial charge in [-0.2, -0.15) is 0 Å². The quantitative estimate of drug-likeness (QED) is 0.168. The summed E-state index contributed by atoms with van der Waals surface area (Å²) in [5, 5.41) is 3.64. The highest BCUT2D eigenvalue weighted by Crippen LogP contribution is 2.64. The number of fused-ring (bicyclic) bond motifs is 11. The first kappa shape index (κ1) is 30.6. The SMILES string of the molecule is S=P1(c2ccccc2)c2ccccc2N(c2ccccc2)c2cc(N3c4ccccc4C4(c5ccccc5-c5ccccc54)c4ccccc43)ccc21. The Morgan fingerprint density at radius 3 is 1.43 bits per heavy atom. The van der Waals surface area contributed by atoms with Gasteiger partial charge in [0.25, 0.3) is 0 Å². The van der Waals surface area contributed by atoms with Gasteiger partial charge in [0.15, 0.2) is 0 Å². The number of hydrogen-bond donors (Lipinski definition) is 0. The molecule has 8 aromatic carbocycles. The minimum absolute atomic E-state index is 0.450. The van der Waals surface area contributed by atoms with Gasteiger partial charge >= 0.3 is 0 Å². The van der Waals surface area contributed by atoms with Crippen LogP contribution < -0.4 is 25.7 Å². The first-order valence-corrected chi connectivity index (χ1v) is 20.9. The van der Waals surface area contributed by atoms with Crippen LogP contribution in [0.25, 0.3) is 11.1 Å². The van der Waals surface area contributed by atoms with Crippen LogP contribution in [-0.2, 0) is 17.2 Å². The van der Waals surface area contributed by atoms with Gasteiger partial charge in [0.2, 0.25) is 0 Å². The van der Waals surface area contributed by atoms with Gasteiger partial charge < -0.3 is 9.80 Å². The van der Waals surface area contributed by atoms with Crippen molar-refractivity contribution in [2.24, 2.45) is 0 Å². The lowest BCUT2D eigenvalue weighted by molar-refractivity contribution is 0.752. The van der Waals surface area contributed by atoms with Crippen LogP contribution in [-0.4, -0.2) is 0 Å². The van der Waals surface area contributed by atoms with Crippen molar-refractivity contribution in [2.75, 3.05) is 9.80 Å². The molecule has 4 heteroatoms. The maximum absolute atomic E-state index is 6.97. The van der Waals surface area contributed by atoms with E-state index in [0.29, 0.717) is 0 Å². The molecule has 53 heavy (non-hydrogen) atoms. The predicted molar refractivity (Wildman–Crippen MR) is 226 cm³/mol. The Balaban J connectivity index is 1.20. The van der Waals surface area contributed by atoms with E-state index in [2.05, 4.69) is 210 Å². The summed E-state index contributed by atoms with van der Waals surface area (Å²) in [6.45, 7) is 0. The molecule has 0 radical (unpaired) electrons. The highest BCUT2D eigenvalue weighted by Gasteiger charge is 2.51. The Labute approximate surface area is 315 Å². The van der Waals surface area contributed by atoms with E-state index in [-0.39, 0.29) is 0 Å². The summed E-state index contributed by atoms with van der Waals surface area (Å²) < 4.78 is 0. The van der Waals surface area contributed by atoms with Crippen LogP contribution in [0.1, 0.15) is 22.3 Å². The molecule has 0 bridgehead atoms. The van der Waals surface area contributed by atoms with Crippen LogP contribution in [0.3, 0.4) is 0 Å². The van der Waals surface area contributed by atoms with E-state index < -0.39 is 11.5 Å². The number of benzene rings is 8. The molecule has 1 aliphatic carbocycles. The molecule has 1 atom stereocenters. The Morgan fingerprint density at radius 2 is 0.811 bits per heavy atom. The van der Waals surface area contributed by atoms with Gasteiger partial charge in [0.05, 0.1) is 28.2 Å². The van der Waals surface area contributed by atoms with Crippen LogP contribution in [0.2, 0.25) is 0 Å². The summed E-state index contributed by atoms with van der Waals surface area (Å²) in [6, 6.07) is 70.9. The van der Waals surface area contributed by atoms with Crippen molar-refractivity contribution in [1.82, 2.24) is 0 Å². The average molecular weight is 713 g/mol. The minimum Gasteiger partial charge on any atom is -0.310 e. The molecular formula is C49H33N2PS. The van der Waals surface area contributed by atoms with Gasteiger partial charge in [-0.25, -0.2) is 0 Å².